The third-order valence-electron chi connectivity index (χ3n) is 1.58. The molecule has 0 saturated heterocycles. The monoisotopic (exact) mass is 257 g/mol. The van der Waals surface area contributed by atoms with Gasteiger partial charge in [-0.15, -0.1) is 0 Å². The highest BCUT2D eigenvalue weighted by Crippen LogP contribution is 2.18. The second kappa shape index (κ2) is 4.22. The maximum atomic E-state index is 13.3. The van der Waals surface area contributed by atoms with Crippen LogP contribution < -0.4 is 0 Å². The van der Waals surface area contributed by atoms with E-state index in [2.05, 4.69) is 20.9 Å². The summed E-state index contributed by atoms with van der Waals surface area (Å²) < 4.78 is 14.0. The smallest absolute Gasteiger partial charge is 0.133 e. The van der Waals surface area contributed by atoms with Crippen molar-refractivity contribution in [2.24, 2.45) is 4.99 Å². The molecule has 0 spiro atoms. The molecule has 0 fully saturated rings. The first-order chi connectivity index (χ1) is 6.40. The van der Waals surface area contributed by atoms with Crippen LogP contribution in [-0.2, 0) is 0 Å². The fraction of sp³-hybridized carbons (Fsp3) is 0.364. The largest absolute Gasteiger partial charge is 0.287 e. The maximum Gasteiger partial charge on any atom is 0.133 e. The molecule has 0 aliphatic rings. The molecule has 3 heteroatoms. The first kappa shape index (κ1) is 11.4. The van der Waals surface area contributed by atoms with Crippen LogP contribution in [0.2, 0.25) is 0 Å². The van der Waals surface area contributed by atoms with Crippen molar-refractivity contribution in [3.63, 3.8) is 0 Å². The summed E-state index contributed by atoms with van der Waals surface area (Å²) in [6, 6.07) is 4.88. The molecule has 0 aliphatic carbocycles. The average Bonchev–Trinajstić information content (AvgIpc) is 2.01. The molecular formula is C11H13BrFN. The van der Waals surface area contributed by atoms with E-state index in [1.54, 1.807) is 18.3 Å². The molecule has 0 unspecified atom stereocenters. The minimum Gasteiger partial charge on any atom is -0.287 e. The molecule has 0 N–H and O–H groups in total. The lowest BCUT2D eigenvalue weighted by Crippen LogP contribution is -2.10. The summed E-state index contributed by atoms with van der Waals surface area (Å²) in [5.41, 5.74) is 0.323. The molecule has 1 aromatic carbocycles. The van der Waals surface area contributed by atoms with Gasteiger partial charge in [0.1, 0.15) is 5.82 Å². The van der Waals surface area contributed by atoms with Crippen LogP contribution in [-0.4, -0.2) is 11.8 Å². The van der Waals surface area contributed by atoms with Crippen molar-refractivity contribution in [2.75, 3.05) is 0 Å². The Kier molecular flexibility index (Phi) is 3.43. The zero-order chi connectivity index (χ0) is 10.8. The Morgan fingerprint density at radius 2 is 2.00 bits per heavy atom. The summed E-state index contributed by atoms with van der Waals surface area (Å²) in [7, 11) is 0. The van der Waals surface area contributed by atoms with Crippen LogP contribution in [0.3, 0.4) is 0 Å². The SMILES string of the molecule is CC(C)(C)N=Cc1c(F)cccc1Br. The van der Waals surface area contributed by atoms with E-state index in [0.717, 1.165) is 4.47 Å². The van der Waals surface area contributed by atoms with Gasteiger partial charge in [-0.05, 0) is 32.9 Å². The summed E-state index contributed by atoms with van der Waals surface area (Å²) in [6.45, 7) is 5.91. The highest BCUT2D eigenvalue weighted by atomic mass is 79.9. The molecule has 14 heavy (non-hydrogen) atoms. The van der Waals surface area contributed by atoms with Gasteiger partial charge in [-0.2, -0.15) is 0 Å². The lowest BCUT2D eigenvalue weighted by Gasteiger charge is -2.11. The number of benzene rings is 1. The van der Waals surface area contributed by atoms with Gasteiger partial charge in [0.05, 0.1) is 5.54 Å². The first-order valence-corrected chi connectivity index (χ1v) is 5.19. The van der Waals surface area contributed by atoms with Gasteiger partial charge < -0.3 is 0 Å². The molecule has 1 rings (SSSR count). The lowest BCUT2D eigenvalue weighted by molar-refractivity contribution is 0.585. The van der Waals surface area contributed by atoms with E-state index in [1.165, 1.54) is 6.07 Å². The number of rotatable bonds is 1. The average molecular weight is 258 g/mol. The summed E-state index contributed by atoms with van der Waals surface area (Å²) in [5.74, 6) is -0.257. The van der Waals surface area contributed by atoms with E-state index in [9.17, 15) is 4.39 Å². The van der Waals surface area contributed by atoms with Crippen LogP contribution in [0.15, 0.2) is 27.7 Å². The predicted molar refractivity (Wildman–Crippen MR) is 61.4 cm³/mol. The second-order valence-electron chi connectivity index (χ2n) is 4.06. The number of hydrogen-bond acceptors (Lipinski definition) is 1. The molecule has 0 heterocycles. The van der Waals surface area contributed by atoms with Crippen LogP contribution in [0, 0.1) is 5.82 Å². The molecule has 0 amide bonds. The van der Waals surface area contributed by atoms with E-state index >= 15 is 0 Å². The van der Waals surface area contributed by atoms with Crippen molar-refractivity contribution in [1.29, 1.82) is 0 Å². The molecule has 1 aromatic rings. The minimum absolute atomic E-state index is 0.179. The molecule has 0 bridgehead atoms. The Morgan fingerprint density at radius 3 is 2.50 bits per heavy atom. The standard InChI is InChI=1S/C11H13BrFN/c1-11(2,3)14-7-8-9(12)5-4-6-10(8)13/h4-7H,1-3H3. The van der Waals surface area contributed by atoms with E-state index in [0.29, 0.717) is 5.56 Å². The molecule has 0 saturated carbocycles. The quantitative estimate of drug-likeness (QED) is 0.679. The van der Waals surface area contributed by atoms with Gasteiger partial charge >= 0.3 is 0 Å². The van der Waals surface area contributed by atoms with Crippen molar-refractivity contribution in [3.8, 4) is 0 Å². The molecular weight excluding hydrogens is 245 g/mol. The van der Waals surface area contributed by atoms with Crippen LogP contribution in [0.5, 0.6) is 0 Å². The predicted octanol–water partition coefficient (Wildman–Crippen LogP) is 3.81. The summed E-state index contributed by atoms with van der Waals surface area (Å²) in [5, 5.41) is 0. The second-order valence-corrected chi connectivity index (χ2v) is 4.92. The van der Waals surface area contributed by atoms with Crippen molar-refractivity contribution in [1.82, 2.24) is 0 Å². The van der Waals surface area contributed by atoms with E-state index in [1.807, 2.05) is 20.8 Å². The highest BCUT2D eigenvalue weighted by Gasteiger charge is 2.08. The Hall–Kier alpha value is -0.700. The number of hydrogen-bond donors (Lipinski definition) is 0. The van der Waals surface area contributed by atoms with Crippen molar-refractivity contribution in [3.05, 3.63) is 34.1 Å². The normalized spacial score (nSPS) is 12.4. The van der Waals surface area contributed by atoms with Crippen molar-refractivity contribution < 1.29 is 4.39 Å². The number of halogens is 2. The van der Waals surface area contributed by atoms with Gasteiger partial charge in [0.25, 0.3) is 0 Å². The van der Waals surface area contributed by atoms with Crippen LogP contribution in [0.4, 0.5) is 4.39 Å². The topological polar surface area (TPSA) is 12.4 Å². The third kappa shape index (κ3) is 3.22. The Labute approximate surface area is 92.2 Å². The number of aliphatic imine (C=N–C) groups is 1. The third-order valence-corrected chi connectivity index (χ3v) is 2.27. The fourth-order valence-corrected chi connectivity index (χ4v) is 1.34. The molecule has 76 valence electrons. The summed E-state index contributed by atoms with van der Waals surface area (Å²) in [4.78, 5) is 4.25. The van der Waals surface area contributed by atoms with Gasteiger partial charge in [-0.25, -0.2) is 4.39 Å². The van der Waals surface area contributed by atoms with Crippen molar-refractivity contribution >= 4 is 22.1 Å². The van der Waals surface area contributed by atoms with Gasteiger partial charge in [0, 0.05) is 16.3 Å². The fourth-order valence-electron chi connectivity index (χ4n) is 0.892. The van der Waals surface area contributed by atoms with Crippen LogP contribution >= 0.6 is 15.9 Å². The van der Waals surface area contributed by atoms with E-state index in [-0.39, 0.29) is 11.4 Å². The van der Waals surface area contributed by atoms with E-state index in [4.69, 9.17) is 0 Å². The van der Waals surface area contributed by atoms with Gasteiger partial charge in [0.15, 0.2) is 0 Å². The van der Waals surface area contributed by atoms with Crippen molar-refractivity contribution in [2.45, 2.75) is 26.3 Å². The van der Waals surface area contributed by atoms with Crippen LogP contribution in [0.1, 0.15) is 26.3 Å². The molecule has 0 aromatic heterocycles. The number of nitrogens with zero attached hydrogens (tertiary/aromatic N) is 1. The summed E-state index contributed by atoms with van der Waals surface area (Å²) in [6.07, 6.45) is 1.57. The molecule has 0 aliphatic heterocycles. The minimum atomic E-state index is -0.257. The Morgan fingerprint density at radius 1 is 1.36 bits per heavy atom. The maximum absolute atomic E-state index is 13.3. The zero-order valence-electron chi connectivity index (χ0n) is 8.51. The molecule has 0 atom stereocenters. The van der Waals surface area contributed by atoms with Gasteiger partial charge in [-0.3, -0.25) is 4.99 Å². The zero-order valence-corrected chi connectivity index (χ0v) is 10.1. The Bertz CT molecular complexity index is 333. The highest BCUT2D eigenvalue weighted by molar-refractivity contribution is 9.10. The van der Waals surface area contributed by atoms with E-state index < -0.39 is 0 Å². The lowest BCUT2D eigenvalue weighted by atomic mass is 10.1. The van der Waals surface area contributed by atoms with Crippen LogP contribution in [0.25, 0.3) is 0 Å². The molecule has 1 nitrogen and oxygen atoms in total. The molecule has 0 radical (unpaired) electrons. The first-order valence-electron chi connectivity index (χ1n) is 4.39. The summed E-state index contributed by atoms with van der Waals surface area (Å²) >= 11 is 3.28. The van der Waals surface area contributed by atoms with Gasteiger partial charge in [-0.1, -0.05) is 22.0 Å². The van der Waals surface area contributed by atoms with Gasteiger partial charge in [0.2, 0.25) is 0 Å². The Balaban J connectivity index is 3.03.